The van der Waals surface area contributed by atoms with E-state index in [1.165, 1.54) is 0 Å². The van der Waals surface area contributed by atoms with Crippen molar-refractivity contribution in [2.75, 3.05) is 39.3 Å². The Morgan fingerprint density at radius 2 is 0.424 bits per heavy atom. The molecule has 0 radical (unpaired) electrons. The van der Waals surface area contributed by atoms with E-state index in [0.717, 1.165) is 0 Å². The Morgan fingerprint density at radius 3 is 0.606 bits per heavy atom. The first-order valence-electron chi connectivity index (χ1n) is 33.4. The zero-order valence-electron chi connectivity index (χ0n) is 58.9. The first kappa shape index (κ1) is 89.3. The smallest absolute Gasteiger partial charge is 0.326 e. The zero-order chi connectivity index (χ0) is 75.5. The molecule has 0 unspecified atom stereocenters. The largest absolute Gasteiger partial charge is 0.480 e. The molecular formula is C60H118N28O11. The van der Waals surface area contributed by atoms with Gasteiger partial charge in [0.05, 0.1) is 6.04 Å². The van der Waals surface area contributed by atoms with Crippen molar-refractivity contribution in [1.82, 2.24) is 47.9 Å². The van der Waals surface area contributed by atoms with Gasteiger partial charge < -0.3 is 127 Å². The van der Waals surface area contributed by atoms with E-state index in [9.17, 15) is 53.1 Å². The monoisotopic (exact) mass is 1410 g/mol. The van der Waals surface area contributed by atoms with Crippen LogP contribution in [0.25, 0.3) is 0 Å². The molecule has 0 aromatic rings. The summed E-state index contributed by atoms with van der Waals surface area (Å²) >= 11 is 0. The normalized spacial score (nSPS) is 14.1. The Kier molecular flexibility index (Phi) is 44.1. The molecule has 0 heterocycles. The van der Waals surface area contributed by atoms with Gasteiger partial charge in [-0.05, 0) is 126 Å². The number of guanidine groups is 6. The molecule has 0 spiro atoms. The van der Waals surface area contributed by atoms with Crippen molar-refractivity contribution >= 4 is 94.9 Å². The summed E-state index contributed by atoms with van der Waals surface area (Å²) in [4.78, 5) is 165. The predicted molar refractivity (Wildman–Crippen MR) is 380 cm³/mol. The summed E-state index contributed by atoms with van der Waals surface area (Å²) in [5, 5.41) is 34.1. The average molecular weight is 1410 g/mol. The molecule has 0 aliphatic rings. The SMILES string of the molecule is CC(C)C[C@H](NC(=O)[C@H](CC(C)C)NC(=O)[C@H](CCCN=C(N)N)NC(=O)[C@H](CCCN=C(N)N)NC(=O)[C@H](CCCN=C(N)N)NC(=O)[C@H](CC(C)C)NC(=O)[C@H](CCCN=C(N)N)NC(=O)[C@H](CCCN=C(N)N)NC(=O)[C@@H](N)CC(C)C)C(=O)N[C@@H](CCCN=C(N)N)C(=O)O. The second kappa shape index (κ2) is 48.9. The summed E-state index contributed by atoms with van der Waals surface area (Å²) in [6, 6.07) is -13.4. The van der Waals surface area contributed by atoms with Gasteiger partial charge in [0.1, 0.15) is 54.4 Å². The first-order valence-corrected chi connectivity index (χ1v) is 33.4. The Balaban J connectivity index is 7.58. The van der Waals surface area contributed by atoms with Gasteiger partial charge in [-0.1, -0.05) is 55.4 Å². The van der Waals surface area contributed by atoms with Gasteiger partial charge in [-0.25, -0.2) is 4.79 Å². The van der Waals surface area contributed by atoms with E-state index in [4.69, 9.17) is 74.5 Å². The van der Waals surface area contributed by atoms with Crippen molar-refractivity contribution in [3.8, 4) is 0 Å². The van der Waals surface area contributed by atoms with Crippen LogP contribution in [0.15, 0.2) is 30.0 Å². The number of carbonyl (C=O) groups is 10. The summed E-state index contributed by atoms with van der Waals surface area (Å²) in [7, 11) is 0. The molecule has 36 N–H and O–H groups in total. The molecule has 10 atom stereocenters. The average Bonchev–Trinajstić information content (AvgIpc) is 0.876. The van der Waals surface area contributed by atoms with E-state index in [0.29, 0.717) is 6.42 Å². The number of aliphatic imine (C=N–C) groups is 6. The second-order valence-corrected chi connectivity index (χ2v) is 25.7. The fourth-order valence-corrected chi connectivity index (χ4v) is 9.80. The number of nitrogens with zero attached hydrogens (tertiary/aromatic N) is 6. The lowest BCUT2D eigenvalue weighted by Gasteiger charge is -2.29. The van der Waals surface area contributed by atoms with Crippen LogP contribution < -0.4 is 122 Å². The van der Waals surface area contributed by atoms with Crippen LogP contribution in [0.4, 0.5) is 0 Å². The highest BCUT2D eigenvalue weighted by molar-refractivity contribution is 5.99. The van der Waals surface area contributed by atoms with Crippen LogP contribution in [0.1, 0.15) is 158 Å². The molecule has 39 nitrogen and oxygen atoms in total. The molecule has 0 fully saturated rings. The molecule has 0 aromatic carbocycles. The third-order valence-electron chi connectivity index (χ3n) is 14.5. The Bertz CT molecular complexity index is 2740. The minimum atomic E-state index is -1.50. The van der Waals surface area contributed by atoms with Crippen molar-refractivity contribution in [3.05, 3.63) is 0 Å². The van der Waals surface area contributed by atoms with Crippen LogP contribution in [-0.4, -0.2) is 200 Å². The number of nitrogens with one attached hydrogen (secondary N) is 9. The summed E-state index contributed by atoms with van der Waals surface area (Å²) in [6.07, 6.45) is 0.561. The van der Waals surface area contributed by atoms with Gasteiger partial charge in [0, 0.05) is 39.3 Å². The molecule has 99 heavy (non-hydrogen) atoms. The summed E-state index contributed by atoms with van der Waals surface area (Å²) in [5.74, 6) is -10.9. The van der Waals surface area contributed by atoms with Gasteiger partial charge in [-0.15, -0.1) is 0 Å². The van der Waals surface area contributed by atoms with Gasteiger partial charge in [0.15, 0.2) is 35.8 Å². The van der Waals surface area contributed by atoms with Crippen LogP contribution in [0.3, 0.4) is 0 Å². The van der Waals surface area contributed by atoms with E-state index in [1.807, 2.05) is 13.8 Å². The van der Waals surface area contributed by atoms with E-state index < -0.39 is 120 Å². The highest BCUT2D eigenvalue weighted by atomic mass is 16.4. The van der Waals surface area contributed by atoms with Gasteiger partial charge >= 0.3 is 5.97 Å². The van der Waals surface area contributed by atoms with Crippen molar-refractivity contribution in [3.63, 3.8) is 0 Å². The van der Waals surface area contributed by atoms with E-state index >= 15 is 0 Å². The van der Waals surface area contributed by atoms with Gasteiger partial charge in [0.2, 0.25) is 53.2 Å². The van der Waals surface area contributed by atoms with Gasteiger partial charge in [-0.2, -0.15) is 0 Å². The van der Waals surface area contributed by atoms with E-state index in [2.05, 4.69) is 77.8 Å². The second-order valence-electron chi connectivity index (χ2n) is 25.7. The number of carboxylic acids is 1. The lowest BCUT2D eigenvalue weighted by molar-refractivity contribution is -0.142. The first-order chi connectivity index (χ1) is 46.3. The topological polar surface area (TPSA) is 712 Å². The fourth-order valence-electron chi connectivity index (χ4n) is 9.80. The van der Waals surface area contributed by atoms with Crippen molar-refractivity contribution in [2.24, 2.45) is 128 Å². The Hall–Kier alpha value is -9.72. The predicted octanol–water partition coefficient (Wildman–Crippen LogP) is -6.73. The molecule has 0 aliphatic heterocycles. The maximum atomic E-state index is 14.8. The van der Waals surface area contributed by atoms with Crippen LogP contribution >= 0.6 is 0 Å². The number of aliphatic carboxylic acids is 1. The fraction of sp³-hybridized carbons (Fsp3) is 0.733. The molecule has 9 amide bonds. The maximum Gasteiger partial charge on any atom is 0.326 e. The quantitative estimate of drug-likeness (QED) is 0.0153. The van der Waals surface area contributed by atoms with Gasteiger partial charge in [0.25, 0.3) is 0 Å². The third kappa shape index (κ3) is 42.5. The number of hydrogen-bond donors (Lipinski definition) is 23. The minimum absolute atomic E-state index is 0.0143. The van der Waals surface area contributed by atoms with Crippen LogP contribution in [0.5, 0.6) is 0 Å². The number of hydrogen-bond acceptors (Lipinski definition) is 17. The van der Waals surface area contributed by atoms with Crippen LogP contribution in [0, 0.1) is 23.7 Å². The highest BCUT2D eigenvalue weighted by Crippen LogP contribution is 2.15. The summed E-state index contributed by atoms with van der Waals surface area (Å²) in [6.45, 7) is 14.6. The molecular weight excluding hydrogens is 1290 g/mol. The number of carboxylic acid groups (broad SMARTS) is 1. The van der Waals surface area contributed by atoms with Gasteiger partial charge in [-0.3, -0.25) is 73.1 Å². The van der Waals surface area contributed by atoms with Crippen LogP contribution in [-0.2, 0) is 47.9 Å². The zero-order valence-corrected chi connectivity index (χ0v) is 58.9. The van der Waals surface area contributed by atoms with E-state index in [-0.39, 0.29) is 195 Å². The maximum absolute atomic E-state index is 14.8. The highest BCUT2D eigenvalue weighted by Gasteiger charge is 2.36. The van der Waals surface area contributed by atoms with Crippen molar-refractivity contribution < 1.29 is 53.1 Å². The summed E-state index contributed by atoms with van der Waals surface area (Å²) < 4.78 is 0. The van der Waals surface area contributed by atoms with Crippen molar-refractivity contribution in [2.45, 2.75) is 219 Å². The van der Waals surface area contributed by atoms with E-state index in [1.54, 1.807) is 41.5 Å². The number of amides is 9. The number of carbonyl (C=O) groups excluding carboxylic acids is 9. The minimum Gasteiger partial charge on any atom is -0.480 e. The molecule has 0 aromatic heterocycles. The standard InChI is InChI=1S/C60H118N28O11/c1-31(2)27-35(61)45(89)80-36(15-9-21-74-55(62)63)46(90)82-39(18-12-24-77-58(68)69)49(93)86-42(28-32(3)4)51(95)84-38(17-11-23-76-57(66)67)48(92)81-37(16-10-22-75-56(64)65)47(91)83-40(19-13-25-78-59(70)71)50(94)87-44(30-34(7)8)53(97)88-43(29-33(5)6)52(96)85-41(54(98)99)20-14-26-79-60(72)73/h31-44H,9-30,61H2,1-8H3,(H,80,89)(H,81,92)(H,82,90)(H,83,91)(H,84,95)(H,85,96)(H,86,93)(H,87,94)(H,88,97)(H,98,99)(H4,62,63,74)(H4,64,65,75)(H4,66,67,76)(H4,68,69,77)(H4,70,71,78)(H4,72,73,79)/t35-,36-,37-,38-,39-,40-,41-,42-,43-,44-/m0/s1. The molecule has 0 bridgehead atoms. The van der Waals surface area contributed by atoms with Crippen LogP contribution in [0.2, 0.25) is 0 Å². The third-order valence-corrected chi connectivity index (χ3v) is 14.5. The Morgan fingerprint density at radius 1 is 0.263 bits per heavy atom. The molecule has 0 rings (SSSR count). The summed E-state index contributed by atoms with van der Waals surface area (Å²) in [5.41, 5.74) is 72.8. The lowest BCUT2D eigenvalue weighted by Crippen LogP contribution is -2.60. The molecule has 39 heteroatoms. The number of rotatable bonds is 51. The Labute approximate surface area is 579 Å². The lowest BCUT2D eigenvalue weighted by atomic mass is 9.99. The molecule has 564 valence electrons. The molecule has 0 saturated heterocycles. The van der Waals surface area contributed by atoms with Crippen molar-refractivity contribution in [1.29, 1.82) is 0 Å². The molecule has 0 aliphatic carbocycles. The molecule has 0 saturated carbocycles. The number of nitrogens with two attached hydrogens (primary N) is 13.